The minimum absolute atomic E-state index is 0.0441. The number of hydrogen-bond acceptors (Lipinski definition) is 3. The Kier molecular flexibility index (Phi) is 2.52. The molecule has 1 heterocycles. The number of nitrogens with zero attached hydrogens (tertiary/aromatic N) is 1. The maximum Gasteiger partial charge on any atom is 0.113 e. The Morgan fingerprint density at radius 1 is 1.33 bits per heavy atom. The fourth-order valence-corrected chi connectivity index (χ4v) is 2.47. The van der Waals surface area contributed by atoms with E-state index in [0.717, 1.165) is 10.5 Å². The van der Waals surface area contributed by atoms with Crippen LogP contribution in [0.3, 0.4) is 0 Å². The molecule has 0 saturated carbocycles. The van der Waals surface area contributed by atoms with Gasteiger partial charge in [0, 0.05) is 0 Å². The van der Waals surface area contributed by atoms with E-state index in [0.29, 0.717) is 0 Å². The van der Waals surface area contributed by atoms with Crippen molar-refractivity contribution in [2.45, 2.75) is 26.3 Å². The molecule has 0 saturated heterocycles. The van der Waals surface area contributed by atoms with Crippen molar-refractivity contribution in [2.75, 3.05) is 7.05 Å². The van der Waals surface area contributed by atoms with E-state index in [9.17, 15) is 0 Å². The van der Waals surface area contributed by atoms with E-state index in [1.807, 2.05) is 7.05 Å². The first kappa shape index (κ1) is 10.6. The van der Waals surface area contributed by atoms with E-state index < -0.39 is 0 Å². The van der Waals surface area contributed by atoms with Gasteiger partial charge in [-0.25, -0.2) is 4.98 Å². The zero-order valence-electron chi connectivity index (χ0n) is 9.59. The summed E-state index contributed by atoms with van der Waals surface area (Å²) in [6.07, 6.45) is 0. The van der Waals surface area contributed by atoms with Gasteiger partial charge in [0.1, 0.15) is 5.01 Å². The standard InChI is InChI=1S/C12H16N2S/c1-8-5-6-10-9(7-8)14-11(15-10)12(2,3)13-4/h5-7,13H,1-4H3. The fraction of sp³-hybridized carbons (Fsp3) is 0.417. The van der Waals surface area contributed by atoms with Crippen LogP contribution < -0.4 is 5.32 Å². The van der Waals surface area contributed by atoms with Crippen LogP contribution >= 0.6 is 11.3 Å². The minimum Gasteiger partial charge on any atom is -0.309 e. The van der Waals surface area contributed by atoms with Crippen molar-refractivity contribution in [2.24, 2.45) is 0 Å². The average Bonchev–Trinajstić information content (AvgIpc) is 2.61. The molecular formula is C12H16N2S. The van der Waals surface area contributed by atoms with Crippen molar-refractivity contribution in [1.29, 1.82) is 0 Å². The van der Waals surface area contributed by atoms with Crippen LogP contribution in [0.15, 0.2) is 18.2 Å². The smallest absolute Gasteiger partial charge is 0.113 e. The number of hydrogen-bond donors (Lipinski definition) is 1. The van der Waals surface area contributed by atoms with Crippen molar-refractivity contribution in [3.8, 4) is 0 Å². The SMILES string of the molecule is CNC(C)(C)c1nc2cc(C)ccc2s1. The van der Waals surface area contributed by atoms with E-state index in [4.69, 9.17) is 0 Å². The Bertz CT molecular complexity index is 485. The minimum atomic E-state index is -0.0441. The first-order valence-corrected chi connectivity index (χ1v) is 5.91. The fourth-order valence-electron chi connectivity index (χ4n) is 1.41. The molecule has 0 radical (unpaired) electrons. The lowest BCUT2D eigenvalue weighted by atomic mass is 10.1. The van der Waals surface area contributed by atoms with Crippen LogP contribution in [0.5, 0.6) is 0 Å². The lowest BCUT2D eigenvalue weighted by Gasteiger charge is -2.20. The molecule has 2 aromatic rings. The molecule has 2 rings (SSSR count). The highest BCUT2D eigenvalue weighted by Crippen LogP contribution is 2.29. The van der Waals surface area contributed by atoms with E-state index >= 15 is 0 Å². The molecule has 0 fully saturated rings. The van der Waals surface area contributed by atoms with Gasteiger partial charge in [0.2, 0.25) is 0 Å². The average molecular weight is 220 g/mol. The van der Waals surface area contributed by atoms with Crippen LogP contribution in [-0.4, -0.2) is 12.0 Å². The van der Waals surface area contributed by atoms with Crippen LogP contribution in [0.1, 0.15) is 24.4 Å². The van der Waals surface area contributed by atoms with Gasteiger partial charge in [-0.2, -0.15) is 0 Å². The Labute approximate surface area is 94.3 Å². The summed E-state index contributed by atoms with van der Waals surface area (Å²) in [7, 11) is 1.97. The van der Waals surface area contributed by atoms with Crippen molar-refractivity contribution < 1.29 is 0 Å². The van der Waals surface area contributed by atoms with Crippen molar-refractivity contribution in [1.82, 2.24) is 10.3 Å². The molecule has 0 atom stereocenters. The number of aromatic nitrogens is 1. The van der Waals surface area contributed by atoms with Gasteiger partial charge >= 0.3 is 0 Å². The lowest BCUT2D eigenvalue weighted by molar-refractivity contribution is 0.443. The van der Waals surface area contributed by atoms with Gasteiger partial charge in [-0.1, -0.05) is 6.07 Å². The summed E-state index contributed by atoms with van der Waals surface area (Å²) in [6.45, 7) is 6.40. The maximum absolute atomic E-state index is 4.67. The molecule has 0 amide bonds. The second-order valence-electron chi connectivity index (χ2n) is 4.37. The lowest BCUT2D eigenvalue weighted by Crippen LogP contribution is -2.32. The Hall–Kier alpha value is -0.930. The molecule has 15 heavy (non-hydrogen) atoms. The molecule has 80 valence electrons. The summed E-state index contributed by atoms with van der Waals surface area (Å²) in [5, 5.41) is 4.43. The second-order valence-corrected chi connectivity index (χ2v) is 5.40. The van der Waals surface area contributed by atoms with E-state index in [1.54, 1.807) is 11.3 Å². The number of benzene rings is 1. The highest BCUT2D eigenvalue weighted by Gasteiger charge is 2.22. The second kappa shape index (κ2) is 3.58. The number of fused-ring (bicyclic) bond motifs is 1. The number of rotatable bonds is 2. The quantitative estimate of drug-likeness (QED) is 0.841. The third-order valence-corrected chi connectivity index (χ3v) is 4.06. The molecule has 0 aliphatic rings. The van der Waals surface area contributed by atoms with Crippen molar-refractivity contribution >= 4 is 21.6 Å². The van der Waals surface area contributed by atoms with Gasteiger partial charge in [0.15, 0.2) is 0 Å². The summed E-state index contributed by atoms with van der Waals surface area (Å²) in [4.78, 5) is 4.67. The van der Waals surface area contributed by atoms with Gasteiger partial charge in [-0.05, 0) is 45.5 Å². The molecule has 0 bridgehead atoms. The molecule has 1 aromatic carbocycles. The number of nitrogens with one attached hydrogen (secondary N) is 1. The largest absolute Gasteiger partial charge is 0.309 e. The summed E-state index contributed by atoms with van der Waals surface area (Å²) in [6, 6.07) is 6.43. The molecule has 1 N–H and O–H groups in total. The number of thiazole rings is 1. The molecule has 0 aliphatic carbocycles. The monoisotopic (exact) mass is 220 g/mol. The van der Waals surface area contributed by atoms with Gasteiger partial charge < -0.3 is 5.32 Å². The predicted octanol–water partition coefficient (Wildman–Crippen LogP) is 3.06. The summed E-state index contributed by atoms with van der Waals surface area (Å²) in [5.74, 6) is 0. The Morgan fingerprint density at radius 3 is 2.73 bits per heavy atom. The highest BCUT2D eigenvalue weighted by molar-refractivity contribution is 7.18. The normalized spacial score (nSPS) is 12.3. The first-order chi connectivity index (χ1) is 7.03. The predicted molar refractivity (Wildman–Crippen MR) is 66.4 cm³/mol. The van der Waals surface area contributed by atoms with Crippen LogP contribution in [-0.2, 0) is 5.54 Å². The van der Waals surface area contributed by atoms with Crippen LogP contribution in [0, 0.1) is 6.92 Å². The van der Waals surface area contributed by atoms with E-state index in [1.165, 1.54) is 10.3 Å². The summed E-state index contributed by atoms with van der Waals surface area (Å²) < 4.78 is 1.26. The molecule has 1 aromatic heterocycles. The van der Waals surface area contributed by atoms with E-state index in [-0.39, 0.29) is 5.54 Å². The molecule has 0 aliphatic heterocycles. The summed E-state index contributed by atoms with van der Waals surface area (Å²) in [5.41, 5.74) is 2.33. The first-order valence-electron chi connectivity index (χ1n) is 5.09. The maximum atomic E-state index is 4.67. The zero-order chi connectivity index (χ0) is 11.1. The van der Waals surface area contributed by atoms with Crippen molar-refractivity contribution in [3.05, 3.63) is 28.8 Å². The van der Waals surface area contributed by atoms with Crippen LogP contribution in [0.2, 0.25) is 0 Å². The molecular weight excluding hydrogens is 204 g/mol. The van der Waals surface area contributed by atoms with Crippen LogP contribution in [0.4, 0.5) is 0 Å². The van der Waals surface area contributed by atoms with Gasteiger partial charge in [-0.15, -0.1) is 11.3 Å². The Morgan fingerprint density at radius 2 is 2.07 bits per heavy atom. The van der Waals surface area contributed by atoms with Crippen LogP contribution in [0.25, 0.3) is 10.2 Å². The highest BCUT2D eigenvalue weighted by atomic mass is 32.1. The van der Waals surface area contributed by atoms with Crippen molar-refractivity contribution in [3.63, 3.8) is 0 Å². The summed E-state index contributed by atoms with van der Waals surface area (Å²) >= 11 is 1.76. The molecule has 2 nitrogen and oxygen atoms in total. The molecule has 0 spiro atoms. The third-order valence-electron chi connectivity index (χ3n) is 2.70. The van der Waals surface area contributed by atoms with Gasteiger partial charge in [0.05, 0.1) is 15.8 Å². The number of aryl methyl sites for hydroxylation is 1. The Balaban J connectivity index is 2.56. The third kappa shape index (κ3) is 1.90. The van der Waals surface area contributed by atoms with Gasteiger partial charge in [-0.3, -0.25) is 0 Å². The van der Waals surface area contributed by atoms with E-state index in [2.05, 4.69) is 49.3 Å². The van der Waals surface area contributed by atoms with Gasteiger partial charge in [0.25, 0.3) is 0 Å². The zero-order valence-corrected chi connectivity index (χ0v) is 10.4. The molecule has 3 heteroatoms. The molecule has 0 unspecified atom stereocenters. The topological polar surface area (TPSA) is 24.9 Å².